The number of carbonyl (C=O) groups is 1. The molecule has 0 unspecified atom stereocenters. The minimum absolute atomic E-state index is 0.109. The third kappa shape index (κ3) is 4.08. The van der Waals surface area contributed by atoms with E-state index in [-0.39, 0.29) is 16.5 Å². The lowest BCUT2D eigenvalue weighted by Crippen LogP contribution is -2.14. The van der Waals surface area contributed by atoms with Gasteiger partial charge < -0.3 is 0 Å². The highest BCUT2D eigenvalue weighted by atomic mass is 79.9. The van der Waals surface area contributed by atoms with Gasteiger partial charge in [-0.15, -0.1) is 0 Å². The topological polar surface area (TPSA) is 17.1 Å². The van der Waals surface area contributed by atoms with Crippen LogP contribution in [0.3, 0.4) is 0 Å². The molecule has 0 saturated carbocycles. The largest absolute Gasteiger partial charge is 0.417 e. The highest BCUT2D eigenvalue weighted by Gasteiger charge is 2.35. The third-order valence-electron chi connectivity index (χ3n) is 2.87. The van der Waals surface area contributed by atoms with Crippen molar-refractivity contribution in [2.75, 3.05) is 0 Å². The highest BCUT2D eigenvalue weighted by Crippen LogP contribution is 2.34. The Hall–Kier alpha value is -1.33. The molecule has 0 saturated heterocycles. The van der Waals surface area contributed by atoms with Crippen molar-refractivity contribution in [3.63, 3.8) is 0 Å². The number of alkyl halides is 3. The molecule has 0 aromatic heterocycles. The van der Waals surface area contributed by atoms with Crippen molar-refractivity contribution in [3.8, 4) is 0 Å². The van der Waals surface area contributed by atoms with Crippen LogP contribution >= 0.6 is 27.5 Å². The first kappa shape index (κ1) is 16.0. The molecule has 2 aromatic carbocycles. The van der Waals surface area contributed by atoms with Crippen molar-refractivity contribution in [2.24, 2.45) is 0 Å². The molecule has 0 atom stereocenters. The lowest BCUT2D eigenvalue weighted by Gasteiger charge is -2.12. The van der Waals surface area contributed by atoms with Crippen molar-refractivity contribution in [2.45, 2.75) is 12.6 Å². The summed E-state index contributed by atoms with van der Waals surface area (Å²) in [5, 5.41) is 0.505. The Kier molecular flexibility index (Phi) is 4.74. The number of halogens is 5. The molecule has 0 aliphatic heterocycles. The first-order chi connectivity index (χ1) is 9.77. The van der Waals surface area contributed by atoms with E-state index in [1.54, 1.807) is 24.3 Å². The average molecular weight is 378 g/mol. The van der Waals surface area contributed by atoms with Crippen molar-refractivity contribution < 1.29 is 18.0 Å². The molecule has 0 radical (unpaired) electrons. The minimum Gasteiger partial charge on any atom is -0.294 e. The molecule has 0 spiro atoms. The molecule has 2 rings (SSSR count). The van der Waals surface area contributed by atoms with Gasteiger partial charge in [0.05, 0.1) is 5.56 Å². The molecule has 0 fully saturated rings. The van der Waals surface area contributed by atoms with E-state index in [9.17, 15) is 18.0 Å². The molecule has 0 N–H and O–H groups in total. The van der Waals surface area contributed by atoms with Crippen LogP contribution in [0.1, 0.15) is 21.5 Å². The highest BCUT2D eigenvalue weighted by molar-refractivity contribution is 9.10. The fraction of sp³-hybridized carbons (Fsp3) is 0.133. The molecule has 0 aliphatic carbocycles. The maximum absolute atomic E-state index is 13.0. The van der Waals surface area contributed by atoms with Crippen LogP contribution in [0.5, 0.6) is 0 Å². The smallest absolute Gasteiger partial charge is 0.294 e. The molecule has 6 heteroatoms. The van der Waals surface area contributed by atoms with Crippen molar-refractivity contribution in [3.05, 3.63) is 68.7 Å². The van der Waals surface area contributed by atoms with Gasteiger partial charge in [-0.1, -0.05) is 39.7 Å². The first-order valence-corrected chi connectivity index (χ1v) is 7.09. The van der Waals surface area contributed by atoms with Crippen molar-refractivity contribution in [1.82, 2.24) is 0 Å². The van der Waals surface area contributed by atoms with Crippen LogP contribution < -0.4 is 0 Å². The third-order valence-corrected chi connectivity index (χ3v) is 3.61. The summed E-state index contributed by atoms with van der Waals surface area (Å²) in [6.07, 6.45) is -4.68. The van der Waals surface area contributed by atoms with Gasteiger partial charge in [0.2, 0.25) is 0 Å². The second kappa shape index (κ2) is 6.20. The van der Waals surface area contributed by atoms with E-state index in [2.05, 4.69) is 15.9 Å². The van der Waals surface area contributed by atoms with E-state index in [1.165, 1.54) is 12.1 Å². The average Bonchev–Trinajstić information content (AvgIpc) is 2.40. The number of rotatable bonds is 3. The molecule has 0 amide bonds. The van der Waals surface area contributed by atoms with Crippen LogP contribution in [0.25, 0.3) is 0 Å². The number of Topliss-reactive ketones (excluding diaryl/α,β-unsaturated/α-hetero) is 1. The predicted octanol–water partition coefficient (Wildman–Crippen LogP) is 5.55. The Morgan fingerprint density at radius 1 is 1.10 bits per heavy atom. The van der Waals surface area contributed by atoms with Gasteiger partial charge in [0, 0.05) is 21.5 Å². The normalized spacial score (nSPS) is 11.5. The SMILES string of the molecule is O=C(Cc1ccc(Cl)cc1)c1ccc(Br)cc1C(F)(F)F. The Bertz CT molecular complexity index is 666. The van der Waals surface area contributed by atoms with Gasteiger partial charge in [0.1, 0.15) is 0 Å². The number of benzene rings is 2. The monoisotopic (exact) mass is 376 g/mol. The maximum atomic E-state index is 13.0. The van der Waals surface area contributed by atoms with Crippen LogP contribution in [-0.2, 0) is 12.6 Å². The van der Waals surface area contributed by atoms with E-state index < -0.39 is 17.5 Å². The Labute approximate surface area is 132 Å². The van der Waals surface area contributed by atoms with Crippen LogP contribution in [-0.4, -0.2) is 5.78 Å². The molecule has 21 heavy (non-hydrogen) atoms. The summed E-state index contributed by atoms with van der Waals surface area (Å²) in [5.41, 5.74) is -0.656. The van der Waals surface area contributed by atoms with Crippen LogP contribution in [0.2, 0.25) is 5.02 Å². The second-order valence-electron chi connectivity index (χ2n) is 4.41. The number of ketones is 1. The van der Waals surface area contributed by atoms with Crippen LogP contribution in [0.4, 0.5) is 13.2 Å². The van der Waals surface area contributed by atoms with Gasteiger partial charge in [-0.2, -0.15) is 13.2 Å². The van der Waals surface area contributed by atoms with E-state index in [0.717, 1.165) is 6.07 Å². The summed E-state index contributed by atoms with van der Waals surface area (Å²) in [6.45, 7) is 0. The molecule has 0 heterocycles. The fourth-order valence-electron chi connectivity index (χ4n) is 1.88. The standard InChI is InChI=1S/C15H9BrClF3O/c16-10-3-6-12(13(8-10)15(18,19)20)14(21)7-9-1-4-11(17)5-2-9/h1-6,8H,7H2. The lowest BCUT2D eigenvalue weighted by atomic mass is 9.98. The first-order valence-electron chi connectivity index (χ1n) is 5.92. The zero-order valence-electron chi connectivity index (χ0n) is 10.5. The van der Waals surface area contributed by atoms with E-state index >= 15 is 0 Å². The lowest BCUT2D eigenvalue weighted by molar-refractivity contribution is -0.138. The van der Waals surface area contributed by atoms with E-state index in [0.29, 0.717) is 10.6 Å². The summed E-state index contributed by atoms with van der Waals surface area (Å²) >= 11 is 8.72. The Morgan fingerprint density at radius 3 is 2.29 bits per heavy atom. The van der Waals surface area contributed by atoms with Gasteiger partial charge in [-0.3, -0.25) is 4.79 Å². The van der Waals surface area contributed by atoms with Crippen LogP contribution in [0, 0.1) is 0 Å². The molecule has 1 nitrogen and oxygen atoms in total. The van der Waals surface area contributed by atoms with Gasteiger partial charge in [-0.25, -0.2) is 0 Å². The van der Waals surface area contributed by atoms with Crippen molar-refractivity contribution in [1.29, 1.82) is 0 Å². The number of carbonyl (C=O) groups excluding carboxylic acids is 1. The Morgan fingerprint density at radius 2 is 1.71 bits per heavy atom. The summed E-state index contributed by atoms with van der Waals surface area (Å²) in [7, 11) is 0. The predicted molar refractivity (Wildman–Crippen MR) is 78.6 cm³/mol. The second-order valence-corrected chi connectivity index (χ2v) is 5.77. The van der Waals surface area contributed by atoms with E-state index in [1.807, 2.05) is 0 Å². The van der Waals surface area contributed by atoms with Gasteiger partial charge in [0.15, 0.2) is 5.78 Å². The fourth-order valence-corrected chi connectivity index (χ4v) is 2.36. The quantitative estimate of drug-likeness (QED) is 0.641. The van der Waals surface area contributed by atoms with Crippen molar-refractivity contribution >= 4 is 33.3 Å². The number of hydrogen-bond acceptors (Lipinski definition) is 1. The molecule has 110 valence electrons. The zero-order valence-corrected chi connectivity index (χ0v) is 12.9. The zero-order chi connectivity index (χ0) is 15.6. The van der Waals surface area contributed by atoms with Gasteiger partial charge in [0.25, 0.3) is 0 Å². The molecular weight excluding hydrogens is 369 g/mol. The maximum Gasteiger partial charge on any atom is 0.417 e. The van der Waals surface area contributed by atoms with Gasteiger partial charge >= 0.3 is 6.18 Å². The minimum atomic E-state index is -4.57. The van der Waals surface area contributed by atoms with Crippen LogP contribution in [0.15, 0.2) is 46.9 Å². The summed E-state index contributed by atoms with van der Waals surface area (Å²) in [5.74, 6) is -0.586. The molecule has 0 bridgehead atoms. The van der Waals surface area contributed by atoms with Gasteiger partial charge in [-0.05, 0) is 35.9 Å². The van der Waals surface area contributed by atoms with E-state index in [4.69, 9.17) is 11.6 Å². The number of hydrogen-bond donors (Lipinski definition) is 0. The molecule has 0 aliphatic rings. The molecular formula is C15H9BrClF3O. The summed E-state index contributed by atoms with van der Waals surface area (Å²) < 4.78 is 39.2. The summed E-state index contributed by atoms with van der Waals surface area (Å²) in [4.78, 5) is 12.1. The molecule has 2 aromatic rings. The summed E-state index contributed by atoms with van der Waals surface area (Å²) in [6, 6.07) is 9.94. The Balaban J connectivity index is 2.33.